The molecule has 0 amide bonds. The summed E-state index contributed by atoms with van der Waals surface area (Å²) in [5.41, 5.74) is 0. The van der Waals surface area contributed by atoms with Gasteiger partial charge in [-0.3, -0.25) is 9.44 Å². The third kappa shape index (κ3) is 2.82. The molecule has 2 saturated carbocycles. The van der Waals surface area contributed by atoms with E-state index in [1.54, 1.807) is 0 Å². The maximum absolute atomic E-state index is 3.95. The average molecular weight is 258 g/mol. The van der Waals surface area contributed by atoms with Crippen LogP contribution < -0.4 is 9.44 Å². The van der Waals surface area contributed by atoms with Crippen LogP contribution in [0.25, 0.3) is 0 Å². The van der Waals surface area contributed by atoms with E-state index < -0.39 is 10.4 Å². The standard InChI is InChI=1S/C14H30N2S/c1-3-15-17(16-4-2,13-9-5-6-10-13)14-11-7-8-12-14/h13-16H,3-12H2,1-2H3. The van der Waals surface area contributed by atoms with Gasteiger partial charge in [-0.25, -0.2) is 0 Å². The Hall–Kier alpha value is 0.270. The Morgan fingerprint density at radius 3 is 1.41 bits per heavy atom. The monoisotopic (exact) mass is 258 g/mol. The molecule has 0 saturated heterocycles. The van der Waals surface area contributed by atoms with Crippen molar-refractivity contribution in [3.63, 3.8) is 0 Å². The van der Waals surface area contributed by atoms with Crippen LogP contribution in [0, 0.1) is 0 Å². The minimum Gasteiger partial charge on any atom is -0.270 e. The summed E-state index contributed by atoms with van der Waals surface area (Å²) in [4.78, 5) is 0. The van der Waals surface area contributed by atoms with Gasteiger partial charge < -0.3 is 0 Å². The first kappa shape index (κ1) is 13.7. The van der Waals surface area contributed by atoms with Crippen molar-refractivity contribution in [3.05, 3.63) is 0 Å². The molecule has 0 aromatic carbocycles. The molecule has 0 spiro atoms. The fourth-order valence-electron chi connectivity index (χ4n) is 3.79. The quantitative estimate of drug-likeness (QED) is 0.758. The molecular weight excluding hydrogens is 228 g/mol. The summed E-state index contributed by atoms with van der Waals surface area (Å²) in [5.74, 6) is 0. The summed E-state index contributed by atoms with van der Waals surface area (Å²) >= 11 is 0. The van der Waals surface area contributed by atoms with Crippen LogP contribution in [0.3, 0.4) is 0 Å². The van der Waals surface area contributed by atoms with E-state index in [0.29, 0.717) is 0 Å². The Balaban J connectivity index is 2.16. The van der Waals surface area contributed by atoms with Crippen molar-refractivity contribution in [2.24, 2.45) is 0 Å². The molecular formula is C14H30N2S. The number of rotatable bonds is 6. The molecule has 0 heterocycles. The minimum atomic E-state index is -0.753. The summed E-state index contributed by atoms with van der Waals surface area (Å²) < 4.78 is 7.91. The van der Waals surface area contributed by atoms with E-state index in [0.717, 1.165) is 23.6 Å². The van der Waals surface area contributed by atoms with Crippen LogP contribution in [0.2, 0.25) is 0 Å². The Labute approximate surface area is 109 Å². The number of hydrogen-bond donors (Lipinski definition) is 2. The van der Waals surface area contributed by atoms with Gasteiger partial charge in [-0.1, -0.05) is 39.5 Å². The molecule has 2 aliphatic rings. The average Bonchev–Trinajstić information content (AvgIpc) is 3.02. The second-order valence-electron chi connectivity index (χ2n) is 5.52. The highest BCUT2D eigenvalue weighted by atomic mass is 32.3. The summed E-state index contributed by atoms with van der Waals surface area (Å²) in [5, 5.41) is 1.90. The van der Waals surface area contributed by atoms with Gasteiger partial charge in [-0.15, -0.1) is 10.4 Å². The Morgan fingerprint density at radius 2 is 1.12 bits per heavy atom. The van der Waals surface area contributed by atoms with Crippen molar-refractivity contribution in [3.8, 4) is 0 Å². The number of hydrogen-bond acceptors (Lipinski definition) is 2. The van der Waals surface area contributed by atoms with Gasteiger partial charge in [0, 0.05) is 23.6 Å². The molecule has 2 aliphatic carbocycles. The van der Waals surface area contributed by atoms with Gasteiger partial charge >= 0.3 is 0 Å². The number of nitrogens with one attached hydrogen (secondary N) is 2. The van der Waals surface area contributed by atoms with Crippen LogP contribution in [0.5, 0.6) is 0 Å². The van der Waals surface area contributed by atoms with Gasteiger partial charge in [0.15, 0.2) is 0 Å². The van der Waals surface area contributed by atoms with Gasteiger partial charge in [-0.05, 0) is 25.7 Å². The second-order valence-corrected chi connectivity index (χ2v) is 8.85. The lowest BCUT2D eigenvalue weighted by Crippen LogP contribution is -2.45. The first-order valence-electron chi connectivity index (χ1n) is 7.63. The Morgan fingerprint density at radius 1 is 0.765 bits per heavy atom. The molecule has 0 bridgehead atoms. The maximum Gasteiger partial charge on any atom is 0.0130 e. The maximum atomic E-state index is 3.95. The van der Waals surface area contributed by atoms with Crippen molar-refractivity contribution < 1.29 is 0 Å². The molecule has 0 aliphatic heterocycles. The molecule has 2 fully saturated rings. The molecule has 0 aromatic heterocycles. The van der Waals surface area contributed by atoms with Gasteiger partial charge in [0.05, 0.1) is 0 Å². The van der Waals surface area contributed by atoms with E-state index in [1.807, 2.05) is 0 Å². The zero-order chi connectivity index (χ0) is 12.1. The van der Waals surface area contributed by atoms with Crippen molar-refractivity contribution in [2.75, 3.05) is 13.1 Å². The molecule has 0 unspecified atom stereocenters. The second kappa shape index (κ2) is 6.44. The van der Waals surface area contributed by atoms with Gasteiger partial charge in [0.1, 0.15) is 0 Å². The Kier molecular flexibility index (Phi) is 5.19. The van der Waals surface area contributed by atoms with Crippen LogP contribution in [0.15, 0.2) is 0 Å². The molecule has 102 valence electrons. The van der Waals surface area contributed by atoms with Crippen molar-refractivity contribution >= 4 is 10.4 Å². The van der Waals surface area contributed by atoms with E-state index in [4.69, 9.17) is 0 Å². The molecule has 0 aromatic rings. The molecule has 2 N–H and O–H groups in total. The van der Waals surface area contributed by atoms with Crippen LogP contribution >= 0.6 is 10.4 Å². The third-order valence-electron chi connectivity index (χ3n) is 4.42. The largest absolute Gasteiger partial charge is 0.270 e. The molecule has 3 heteroatoms. The van der Waals surface area contributed by atoms with Crippen LogP contribution in [0.1, 0.15) is 65.2 Å². The highest BCUT2D eigenvalue weighted by Gasteiger charge is 2.41. The zero-order valence-corrected chi connectivity index (χ0v) is 12.5. The molecule has 2 nitrogen and oxygen atoms in total. The fraction of sp³-hybridized carbons (Fsp3) is 1.00. The molecule has 0 atom stereocenters. The zero-order valence-electron chi connectivity index (χ0n) is 11.6. The molecule has 17 heavy (non-hydrogen) atoms. The Bertz CT molecular complexity index is 196. The smallest absolute Gasteiger partial charge is 0.0130 e. The minimum absolute atomic E-state index is 0.753. The van der Waals surface area contributed by atoms with Crippen LogP contribution in [0.4, 0.5) is 0 Å². The van der Waals surface area contributed by atoms with E-state index in [2.05, 4.69) is 23.3 Å². The molecule has 2 rings (SSSR count). The highest BCUT2D eigenvalue weighted by Crippen LogP contribution is 2.58. The van der Waals surface area contributed by atoms with Gasteiger partial charge in [0.2, 0.25) is 0 Å². The fourth-order valence-corrected chi connectivity index (χ4v) is 8.49. The van der Waals surface area contributed by atoms with Gasteiger partial charge in [-0.2, -0.15) is 0 Å². The predicted molar refractivity (Wildman–Crippen MR) is 79.5 cm³/mol. The lowest BCUT2D eigenvalue weighted by atomic mass is 10.4. The first-order valence-corrected chi connectivity index (χ1v) is 9.39. The van der Waals surface area contributed by atoms with Crippen LogP contribution in [-0.2, 0) is 0 Å². The first-order chi connectivity index (χ1) is 8.33. The summed E-state index contributed by atoms with van der Waals surface area (Å²) in [6.07, 6.45) is 11.7. The summed E-state index contributed by atoms with van der Waals surface area (Å²) in [6.45, 7) is 6.83. The van der Waals surface area contributed by atoms with Crippen molar-refractivity contribution in [2.45, 2.75) is 75.7 Å². The van der Waals surface area contributed by atoms with E-state index in [-0.39, 0.29) is 0 Å². The van der Waals surface area contributed by atoms with Crippen molar-refractivity contribution in [1.82, 2.24) is 9.44 Å². The summed E-state index contributed by atoms with van der Waals surface area (Å²) in [7, 11) is -0.753. The SMILES string of the molecule is CCNS(NCC)(C1CCCC1)C1CCCC1. The molecule has 0 radical (unpaired) electrons. The van der Waals surface area contributed by atoms with Crippen molar-refractivity contribution in [1.29, 1.82) is 0 Å². The van der Waals surface area contributed by atoms with E-state index >= 15 is 0 Å². The van der Waals surface area contributed by atoms with E-state index in [1.165, 1.54) is 51.4 Å². The summed E-state index contributed by atoms with van der Waals surface area (Å²) in [6, 6.07) is 0. The van der Waals surface area contributed by atoms with Crippen LogP contribution in [-0.4, -0.2) is 23.6 Å². The van der Waals surface area contributed by atoms with Gasteiger partial charge in [0.25, 0.3) is 0 Å². The lowest BCUT2D eigenvalue weighted by molar-refractivity contribution is 0.768. The highest BCUT2D eigenvalue weighted by molar-refractivity contribution is 8.31. The van der Waals surface area contributed by atoms with E-state index in [9.17, 15) is 0 Å². The lowest BCUT2D eigenvalue weighted by Gasteiger charge is -2.51. The predicted octanol–water partition coefficient (Wildman–Crippen LogP) is 3.73. The normalized spacial score (nSPS) is 24.6. The topological polar surface area (TPSA) is 24.1 Å². The third-order valence-corrected chi connectivity index (χ3v) is 9.00.